The molecule has 0 bridgehead atoms. The van der Waals surface area contributed by atoms with Crippen LogP contribution < -0.4 is 10.2 Å². The van der Waals surface area contributed by atoms with Gasteiger partial charge in [0, 0.05) is 43.2 Å². The Kier molecular flexibility index (Phi) is 5.22. The van der Waals surface area contributed by atoms with E-state index in [1.165, 1.54) is 11.3 Å². The first-order valence-electron chi connectivity index (χ1n) is 8.96. The number of anilines is 2. The van der Waals surface area contributed by atoms with Gasteiger partial charge in [-0.15, -0.1) is 0 Å². The molecular formula is C18H28N6O. The lowest BCUT2D eigenvalue weighted by Crippen LogP contribution is -2.37. The fourth-order valence-electron chi connectivity index (χ4n) is 3.35. The summed E-state index contributed by atoms with van der Waals surface area (Å²) in [6.45, 7) is 11.6. The maximum atomic E-state index is 5.44. The Bertz CT molecular complexity index is 735. The molecule has 3 heterocycles. The highest BCUT2D eigenvalue weighted by Gasteiger charge is 2.19. The first-order chi connectivity index (χ1) is 12.0. The second-order valence-electron chi connectivity index (χ2n) is 6.57. The van der Waals surface area contributed by atoms with Gasteiger partial charge in [-0.05, 0) is 27.2 Å². The molecule has 1 atom stereocenters. The quantitative estimate of drug-likeness (QED) is 0.898. The Labute approximate surface area is 149 Å². The molecule has 1 aliphatic heterocycles. The summed E-state index contributed by atoms with van der Waals surface area (Å²) >= 11 is 0. The largest absolute Gasteiger partial charge is 0.378 e. The van der Waals surface area contributed by atoms with Crippen LogP contribution >= 0.6 is 0 Å². The average molecular weight is 344 g/mol. The maximum absolute atomic E-state index is 5.44. The van der Waals surface area contributed by atoms with Crippen molar-refractivity contribution in [3.63, 3.8) is 0 Å². The van der Waals surface area contributed by atoms with E-state index in [4.69, 9.17) is 14.7 Å². The Morgan fingerprint density at radius 2 is 1.96 bits per heavy atom. The van der Waals surface area contributed by atoms with Gasteiger partial charge in [0.2, 0.25) is 5.95 Å². The number of rotatable bonds is 5. The molecule has 0 unspecified atom stereocenters. The van der Waals surface area contributed by atoms with Crippen molar-refractivity contribution < 1.29 is 4.74 Å². The third-order valence-electron chi connectivity index (χ3n) is 4.79. The van der Waals surface area contributed by atoms with Gasteiger partial charge in [-0.2, -0.15) is 10.1 Å². The first kappa shape index (κ1) is 17.7. The minimum Gasteiger partial charge on any atom is -0.378 e. The maximum Gasteiger partial charge on any atom is 0.227 e. The second kappa shape index (κ2) is 7.39. The van der Waals surface area contributed by atoms with Crippen molar-refractivity contribution in [1.29, 1.82) is 0 Å². The van der Waals surface area contributed by atoms with E-state index in [-0.39, 0.29) is 6.04 Å². The van der Waals surface area contributed by atoms with Crippen LogP contribution in [0.3, 0.4) is 0 Å². The molecule has 7 nitrogen and oxygen atoms in total. The summed E-state index contributed by atoms with van der Waals surface area (Å²) in [5, 5.41) is 8.06. The topological polar surface area (TPSA) is 68.1 Å². The highest BCUT2D eigenvalue weighted by Crippen LogP contribution is 2.25. The highest BCUT2D eigenvalue weighted by atomic mass is 16.5. The molecule has 0 saturated carbocycles. The molecule has 2 aromatic heterocycles. The summed E-state index contributed by atoms with van der Waals surface area (Å²) in [4.78, 5) is 11.6. The minimum absolute atomic E-state index is 0.130. The van der Waals surface area contributed by atoms with Crippen molar-refractivity contribution in [3.8, 4) is 0 Å². The molecule has 0 aliphatic carbocycles. The molecule has 0 radical (unpaired) electrons. The van der Waals surface area contributed by atoms with E-state index in [0.29, 0.717) is 0 Å². The lowest BCUT2D eigenvalue weighted by atomic mass is 10.1. The van der Waals surface area contributed by atoms with Gasteiger partial charge in [0.15, 0.2) is 0 Å². The molecule has 1 aliphatic rings. The van der Waals surface area contributed by atoms with Crippen LogP contribution in [-0.2, 0) is 18.2 Å². The molecule has 0 amide bonds. The molecule has 0 spiro atoms. The van der Waals surface area contributed by atoms with E-state index in [0.717, 1.165) is 55.9 Å². The van der Waals surface area contributed by atoms with E-state index >= 15 is 0 Å². The van der Waals surface area contributed by atoms with Gasteiger partial charge in [0.05, 0.1) is 24.9 Å². The summed E-state index contributed by atoms with van der Waals surface area (Å²) < 4.78 is 7.37. The lowest BCUT2D eigenvalue weighted by molar-refractivity contribution is 0.122. The average Bonchev–Trinajstić information content (AvgIpc) is 2.87. The van der Waals surface area contributed by atoms with Crippen LogP contribution in [0.25, 0.3) is 0 Å². The van der Waals surface area contributed by atoms with Crippen LogP contribution in [0.15, 0.2) is 6.07 Å². The number of nitrogens with zero attached hydrogens (tertiary/aromatic N) is 5. The Balaban J connectivity index is 1.85. The van der Waals surface area contributed by atoms with Crippen molar-refractivity contribution in [2.24, 2.45) is 7.05 Å². The van der Waals surface area contributed by atoms with Gasteiger partial charge in [-0.25, -0.2) is 4.98 Å². The highest BCUT2D eigenvalue weighted by molar-refractivity contribution is 5.46. The number of aryl methyl sites for hydroxylation is 3. The lowest BCUT2D eigenvalue weighted by Gasteiger charge is -2.27. The summed E-state index contributed by atoms with van der Waals surface area (Å²) in [6, 6.07) is 2.17. The van der Waals surface area contributed by atoms with Gasteiger partial charge in [0.1, 0.15) is 5.82 Å². The number of ether oxygens (including phenoxy) is 1. The molecule has 136 valence electrons. The predicted molar refractivity (Wildman–Crippen MR) is 99.2 cm³/mol. The summed E-state index contributed by atoms with van der Waals surface area (Å²) in [6.07, 6.45) is 0.883. The molecule has 1 saturated heterocycles. The number of nitrogens with one attached hydrogen (secondary N) is 1. The zero-order valence-electron chi connectivity index (χ0n) is 15.8. The smallest absolute Gasteiger partial charge is 0.227 e. The van der Waals surface area contributed by atoms with Crippen LogP contribution in [0.4, 0.5) is 11.8 Å². The number of morpholine rings is 1. The van der Waals surface area contributed by atoms with Gasteiger partial charge in [-0.3, -0.25) is 4.68 Å². The standard InChI is InChI=1S/C18H28N6O/c1-6-15-11-16(21-18(20-15)24-7-9-25-10-8-24)19-12(2)17-13(3)22-23(5)14(17)4/h11-12H,6-10H2,1-5H3,(H,19,20,21)/t12-/m0/s1. The summed E-state index contributed by atoms with van der Waals surface area (Å²) in [7, 11) is 1.98. The molecule has 7 heteroatoms. The van der Waals surface area contributed by atoms with Crippen LogP contribution in [0, 0.1) is 13.8 Å². The van der Waals surface area contributed by atoms with Crippen LogP contribution in [0.1, 0.15) is 42.5 Å². The summed E-state index contributed by atoms with van der Waals surface area (Å²) in [5.41, 5.74) is 4.51. The Morgan fingerprint density at radius 1 is 1.24 bits per heavy atom. The molecule has 25 heavy (non-hydrogen) atoms. The predicted octanol–water partition coefficient (Wildman–Crippen LogP) is 2.40. The van der Waals surface area contributed by atoms with Crippen molar-refractivity contribution in [2.45, 2.75) is 40.2 Å². The SMILES string of the molecule is CCc1cc(N[C@@H](C)c2c(C)nn(C)c2C)nc(N2CCOCC2)n1. The fourth-order valence-corrected chi connectivity index (χ4v) is 3.35. The van der Waals surface area contributed by atoms with E-state index < -0.39 is 0 Å². The van der Waals surface area contributed by atoms with Crippen LogP contribution in [0.5, 0.6) is 0 Å². The van der Waals surface area contributed by atoms with Crippen LogP contribution in [0.2, 0.25) is 0 Å². The normalized spacial score (nSPS) is 16.1. The fraction of sp³-hybridized carbons (Fsp3) is 0.611. The molecule has 1 N–H and O–H groups in total. The van der Waals surface area contributed by atoms with Crippen LogP contribution in [-0.4, -0.2) is 46.1 Å². The monoisotopic (exact) mass is 344 g/mol. The number of aromatic nitrogens is 4. The van der Waals surface area contributed by atoms with E-state index in [9.17, 15) is 0 Å². The van der Waals surface area contributed by atoms with E-state index in [1.54, 1.807) is 0 Å². The zero-order chi connectivity index (χ0) is 18.0. The summed E-state index contributed by atoms with van der Waals surface area (Å²) in [5.74, 6) is 1.65. The molecule has 0 aromatic carbocycles. The number of hydrogen-bond donors (Lipinski definition) is 1. The molecule has 1 fully saturated rings. The molecular weight excluding hydrogens is 316 g/mol. The van der Waals surface area contributed by atoms with Gasteiger partial charge in [0.25, 0.3) is 0 Å². The number of hydrogen-bond acceptors (Lipinski definition) is 6. The second-order valence-corrected chi connectivity index (χ2v) is 6.57. The van der Waals surface area contributed by atoms with Gasteiger partial charge in [-0.1, -0.05) is 6.92 Å². The van der Waals surface area contributed by atoms with E-state index in [2.05, 4.69) is 43.0 Å². The third-order valence-corrected chi connectivity index (χ3v) is 4.79. The van der Waals surface area contributed by atoms with Crippen molar-refractivity contribution in [2.75, 3.05) is 36.5 Å². The van der Waals surface area contributed by atoms with E-state index in [1.807, 2.05) is 17.8 Å². The Hall–Kier alpha value is -2.15. The van der Waals surface area contributed by atoms with Crippen molar-refractivity contribution in [1.82, 2.24) is 19.7 Å². The molecule has 3 rings (SSSR count). The van der Waals surface area contributed by atoms with Crippen molar-refractivity contribution >= 4 is 11.8 Å². The van der Waals surface area contributed by atoms with Gasteiger partial charge >= 0.3 is 0 Å². The minimum atomic E-state index is 0.130. The Morgan fingerprint density at radius 3 is 2.56 bits per heavy atom. The first-order valence-corrected chi connectivity index (χ1v) is 8.96. The molecule has 2 aromatic rings. The zero-order valence-corrected chi connectivity index (χ0v) is 15.8. The van der Waals surface area contributed by atoms with Gasteiger partial charge < -0.3 is 15.0 Å². The third kappa shape index (κ3) is 3.76. The van der Waals surface area contributed by atoms with Crippen molar-refractivity contribution in [3.05, 3.63) is 28.7 Å².